The van der Waals surface area contributed by atoms with E-state index in [0.717, 1.165) is 5.56 Å². The highest BCUT2D eigenvalue weighted by molar-refractivity contribution is 6.30. The van der Waals surface area contributed by atoms with Gasteiger partial charge in [0.1, 0.15) is 5.69 Å². The summed E-state index contributed by atoms with van der Waals surface area (Å²) >= 11 is 5.70. The molecule has 0 bridgehead atoms. The number of nitrogens with zero attached hydrogens (tertiary/aromatic N) is 1. The molecule has 1 aromatic carbocycles. The van der Waals surface area contributed by atoms with E-state index in [4.69, 9.17) is 17.3 Å². The van der Waals surface area contributed by atoms with Crippen LogP contribution >= 0.6 is 11.6 Å². The molecule has 1 heterocycles. The minimum Gasteiger partial charge on any atom is -0.399 e. The van der Waals surface area contributed by atoms with Gasteiger partial charge in [0, 0.05) is 18.4 Å². The van der Waals surface area contributed by atoms with Crippen LogP contribution in [0.1, 0.15) is 16.1 Å². The first-order chi connectivity index (χ1) is 8.65. The minimum atomic E-state index is -0.233. The first-order valence-corrected chi connectivity index (χ1v) is 5.77. The van der Waals surface area contributed by atoms with Crippen LogP contribution in [0.2, 0.25) is 5.02 Å². The Labute approximate surface area is 110 Å². The van der Waals surface area contributed by atoms with Gasteiger partial charge in [-0.1, -0.05) is 23.7 Å². The molecule has 0 aliphatic carbocycles. The molecule has 2 rings (SSSR count). The van der Waals surface area contributed by atoms with Crippen molar-refractivity contribution in [1.29, 1.82) is 0 Å². The lowest BCUT2D eigenvalue weighted by molar-refractivity contribution is 0.0946. The minimum absolute atomic E-state index is 0.233. The van der Waals surface area contributed by atoms with Crippen LogP contribution < -0.4 is 11.1 Å². The molecule has 1 aromatic heterocycles. The number of nitrogen functional groups attached to an aromatic ring is 1. The molecule has 0 spiro atoms. The third-order valence-electron chi connectivity index (χ3n) is 2.39. The molecular formula is C13H12ClN3O. The Bertz CT molecular complexity index is 537. The molecule has 1 amide bonds. The highest BCUT2D eigenvalue weighted by Gasteiger charge is 2.06. The Balaban J connectivity index is 1.96. The van der Waals surface area contributed by atoms with E-state index in [-0.39, 0.29) is 5.91 Å². The molecule has 3 N–H and O–H groups in total. The van der Waals surface area contributed by atoms with Crippen LogP contribution in [0.5, 0.6) is 0 Å². The van der Waals surface area contributed by atoms with Gasteiger partial charge in [-0.25, -0.2) is 4.98 Å². The van der Waals surface area contributed by atoms with Crippen molar-refractivity contribution in [2.45, 2.75) is 6.54 Å². The van der Waals surface area contributed by atoms with E-state index in [0.29, 0.717) is 22.9 Å². The first kappa shape index (κ1) is 12.4. The van der Waals surface area contributed by atoms with Crippen molar-refractivity contribution in [2.24, 2.45) is 0 Å². The second-order valence-corrected chi connectivity index (χ2v) is 4.22. The van der Waals surface area contributed by atoms with Crippen molar-refractivity contribution in [2.75, 3.05) is 5.73 Å². The molecule has 0 radical (unpaired) electrons. The number of pyridine rings is 1. The number of benzene rings is 1. The summed E-state index contributed by atoms with van der Waals surface area (Å²) in [6.45, 7) is 0.434. The van der Waals surface area contributed by atoms with Gasteiger partial charge in [-0.15, -0.1) is 0 Å². The van der Waals surface area contributed by atoms with Crippen LogP contribution in [0, 0.1) is 0 Å². The van der Waals surface area contributed by atoms with Crippen molar-refractivity contribution in [1.82, 2.24) is 10.3 Å². The van der Waals surface area contributed by atoms with Crippen LogP contribution in [0.25, 0.3) is 0 Å². The standard InChI is InChI=1S/C13H12ClN3O/c14-10-3-6-12(16-8-10)13(18)17-7-9-1-4-11(15)5-2-9/h1-6,8H,7,15H2,(H,17,18). The monoisotopic (exact) mass is 261 g/mol. The predicted molar refractivity (Wildman–Crippen MR) is 71.3 cm³/mol. The van der Waals surface area contributed by atoms with Crippen LogP contribution in [0.15, 0.2) is 42.6 Å². The van der Waals surface area contributed by atoms with Gasteiger partial charge in [0.2, 0.25) is 0 Å². The third-order valence-corrected chi connectivity index (χ3v) is 2.62. The van der Waals surface area contributed by atoms with E-state index in [2.05, 4.69) is 10.3 Å². The summed E-state index contributed by atoms with van der Waals surface area (Å²) < 4.78 is 0. The molecule has 0 aliphatic heterocycles. The maximum Gasteiger partial charge on any atom is 0.270 e. The molecule has 0 atom stereocenters. The quantitative estimate of drug-likeness (QED) is 0.833. The Morgan fingerprint density at radius 2 is 1.94 bits per heavy atom. The molecule has 18 heavy (non-hydrogen) atoms. The van der Waals surface area contributed by atoms with E-state index in [9.17, 15) is 4.79 Å². The van der Waals surface area contributed by atoms with Crippen LogP contribution in [0.4, 0.5) is 5.69 Å². The molecule has 0 fully saturated rings. The van der Waals surface area contributed by atoms with Gasteiger partial charge in [-0.05, 0) is 29.8 Å². The summed E-state index contributed by atoms with van der Waals surface area (Å²) in [5.74, 6) is -0.233. The number of carbonyl (C=O) groups excluding carboxylic acids is 1. The van der Waals surface area contributed by atoms with Crippen LogP contribution in [-0.2, 0) is 6.54 Å². The Morgan fingerprint density at radius 1 is 1.22 bits per heavy atom. The average molecular weight is 262 g/mol. The molecule has 0 unspecified atom stereocenters. The van der Waals surface area contributed by atoms with Crippen LogP contribution in [0.3, 0.4) is 0 Å². The summed E-state index contributed by atoms with van der Waals surface area (Å²) in [5, 5.41) is 3.27. The van der Waals surface area contributed by atoms with E-state index >= 15 is 0 Å². The highest BCUT2D eigenvalue weighted by atomic mass is 35.5. The molecule has 0 aliphatic rings. The van der Waals surface area contributed by atoms with Gasteiger partial charge in [-0.2, -0.15) is 0 Å². The van der Waals surface area contributed by atoms with E-state index in [1.54, 1.807) is 24.3 Å². The molecule has 0 saturated heterocycles. The lowest BCUT2D eigenvalue weighted by atomic mass is 10.2. The van der Waals surface area contributed by atoms with E-state index < -0.39 is 0 Å². The number of aromatic nitrogens is 1. The summed E-state index contributed by atoms with van der Waals surface area (Å²) in [5.41, 5.74) is 7.60. The molecular weight excluding hydrogens is 250 g/mol. The van der Waals surface area contributed by atoms with E-state index in [1.165, 1.54) is 6.20 Å². The number of halogens is 1. The summed E-state index contributed by atoms with van der Waals surface area (Å²) in [4.78, 5) is 15.7. The molecule has 0 saturated carbocycles. The lowest BCUT2D eigenvalue weighted by Gasteiger charge is -2.05. The Morgan fingerprint density at radius 3 is 2.56 bits per heavy atom. The molecule has 92 valence electrons. The average Bonchev–Trinajstić information content (AvgIpc) is 2.38. The number of amides is 1. The van der Waals surface area contributed by atoms with Gasteiger partial charge in [0.05, 0.1) is 5.02 Å². The summed E-state index contributed by atoms with van der Waals surface area (Å²) in [6, 6.07) is 10.5. The number of hydrogen-bond donors (Lipinski definition) is 2. The van der Waals surface area contributed by atoms with Crippen molar-refractivity contribution >= 4 is 23.2 Å². The van der Waals surface area contributed by atoms with Crippen molar-refractivity contribution < 1.29 is 4.79 Å². The fourth-order valence-electron chi connectivity index (χ4n) is 1.42. The molecule has 5 heteroatoms. The predicted octanol–water partition coefficient (Wildman–Crippen LogP) is 2.25. The number of rotatable bonds is 3. The molecule has 2 aromatic rings. The topological polar surface area (TPSA) is 68.0 Å². The zero-order valence-corrected chi connectivity index (χ0v) is 10.3. The second kappa shape index (κ2) is 5.51. The normalized spacial score (nSPS) is 10.1. The second-order valence-electron chi connectivity index (χ2n) is 3.79. The fourth-order valence-corrected chi connectivity index (χ4v) is 1.53. The first-order valence-electron chi connectivity index (χ1n) is 5.39. The van der Waals surface area contributed by atoms with E-state index in [1.807, 2.05) is 12.1 Å². The maximum atomic E-state index is 11.8. The smallest absolute Gasteiger partial charge is 0.270 e. The van der Waals surface area contributed by atoms with Crippen molar-refractivity contribution in [3.63, 3.8) is 0 Å². The largest absolute Gasteiger partial charge is 0.399 e. The molecule has 4 nitrogen and oxygen atoms in total. The number of anilines is 1. The lowest BCUT2D eigenvalue weighted by Crippen LogP contribution is -2.23. The van der Waals surface area contributed by atoms with Gasteiger partial charge in [0.15, 0.2) is 0 Å². The van der Waals surface area contributed by atoms with Crippen molar-refractivity contribution in [3.05, 3.63) is 58.9 Å². The maximum absolute atomic E-state index is 11.8. The van der Waals surface area contributed by atoms with Gasteiger partial charge in [0.25, 0.3) is 5.91 Å². The van der Waals surface area contributed by atoms with Crippen molar-refractivity contribution in [3.8, 4) is 0 Å². The fraction of sp³-hybridized carbons (Fsp3) is 0.0769. The van der Waals surface area contributed by atoms with Gasteiger partial charge in [-0.3, -0.25) is 4.79 Å². The van der Waals surface area contributed by atoms with Gasteiger partial charge >= 0.3 is 0 Å². The van der Waals surface area contributed by atoms with Gasteiger partial charge < -0.3 is 11.1 Å². The number of nitrogens with one attached hydrogen (secondary N) is 1. The summed E-state index contributed by atoms with van der Waals surface area (Å²) in [6.07, 6.45) is 1.44. The van der Waals surface area contributed by atoms with Crippen LogP contribution in [-0.4, -0.2) is 10.9 Å². The number of carbonyl (C=O) groups is 1. The number of hydrogen-bond acceptors (Lipinski definition) is 3. The zero-order valence-electron chi connectivity index (χ0n) is 9.56. The number of nitrogens with two attached hydrogens (primary N) is 1. The third kappa shape index (κ3) is 3.21. The highest BCUT2D eigenvalue weighted by Crippen LogP contribution is 2.07. The zero-order chi connectivity index (χ0) is 13.0. The SMILES string of the molecule is Nc1ccc(CNC(=O)c2ccc(Cl)cn2)cc1. The summed E-state index contributed by atoms with van der Waals surface area (Å²) in [7, 11) is 0. The Kier molecular flexibility index (Phi) is 3.79. The Hall–Kier alpha value is -2.07.